The van der Waals surface area contributed by atoms with Crippen LogP contribution >= 0.6 is 0 Å². The summed E-state index contributed by atoms with van der Waals surface area (Å²) in [5.74, 6) is -3.53. The monoisotopic (exact) mass is 340 g/mol. The van der Waals surface area contributed by atoms with E-state index < -0.39 is 48.4 Å². The molecule has 1 rings (SSSR count). The zero-order valence-electron chi connectivity index (χ0n) is 12.8. The number of hydrogen-bond donors (Lipinski definition) is 2. The molecule has 0 spiro atoms. The topological polar surface area (TPSA) is 95.9 Å². The Bertz CT molecular complexity index is 483. The second-order valence-electron chi connectivity index (χ2n) is 5.84. The van der Waals surface area contributed by atoms with Gasteiger partial charge in [0, 0.05) is 20.1 Å². The molecule has 0 aromatic carbocycles. The second kappa shape index (κ2) is 7.16. The smallest absolute Gasteiger partial charge is 0.406 e. The molecule has 2 unspecified atom stereocenters. The molecule has 0 aromatic rings. The van der Waals surface area contributed by atoms with Crippen LogP contribution in [0.1, 0.15) is 19.8 Å². The minimum absolute atomic E-state index is 0.0853. The number of carbonyl (C=O) groups excluding carboxylic acids is 2. The number of nitrogens with zero attached hydrogens (tertiary/aromatic N) is 1. The first-order chi connectivity index (χ1) is 10.5. The van der Waals surface area contributed by atoms with Gasteiger partial charge in [0.15, 0.2) is 0 Å². The highest BCUT2D eigenvalue weighted by Crippen LogP contribution is 2.24. The highest BCUT2D eigenvalue weighted by atomic mass is 19.4. The fraction of sp³-hybridized carbons (Fsp3) is 0.769. The molecule has 1 saturated heterocycles. The third-order valence-corrected chi connectivity index (χ3v) is 3.38. The van der Waals surface area contributed by atoms with Gasteiger partial charge in [0.2, 0.25) is 11.8 Å². The van der Waals surface area contributed by atoms with Gasteiger partial charge < -0.3 is 20.1 Å². The molecule has 2 atom stereocenters. The third-order valence-electron chi connectivity index (χ3n) is 3.38. The zero-order chi connectivity index (χ0) is 17.8. The van der Waals surface area contributed by atoms with Gasteiger partial charge >= 0.3 is 12.1 Å². The molecule has 0 saturated carbocycles. The molecular formula is C13H19F3N2O5. The van der Waals surface area contributed by atoms with Crippen molar-refractivity contribution in [1.82, 2.24) is 10.2 Å². The molecule has 7 nitrogen and oxygen atoms in total. The fourth-order valence-corrected chi connectivity index (χ4v) is 2.50. The Morgan fingerprint density at radius 2 is 2.04 bits per heavy atom. The standard InChI is InChI=1S/C13H19F3N2O5/c1-12(7-23-2,4-10(20)21)17-11(22)8-3-9(19)18(5-8)6-13(14,15)16/h8H,3-7H2,1-2H3,(H,17,22)(H,20,21). The maximum Gasteiger partial charge on any atom is 0.406 e. The first-order valence-electron chi connectivity index (χ1n) is 6.83. The predicted octanol–water partition coefficient (Wildman–Crippen LogP) is 0.393. The number of halogens is 3. The van der Waals surface area contributed by atoms with Crippen molar-refractivity contribution in [1.29, 1.82) is 0 Å². The van der Waals surface area contributed by atoms with Crippen LogP contribution in [0.25, 0.3) is 0 Å². The Morgan fingerprint density at radius 1 is 1.43 bits per heavy atom. The van der Waals surface area contributed by atoms with E-state index in [2.05, 4.69) is 5.32 Å². The van der Waals surface area contributed by atoms with E-state index in [-0.39, 0.29) is 19.6 Å². The van der Waals surface area contributed by atoms with Crippen molar-refractivity contribution >= 4 is 17.8 Å². The molecule has 2 N–H and O–H groups in total. The highest BCUT2D eigenvalue weighted by molar-refractivity contribution is 5.89. The maximum absolute atomic E-state index is 12.3. The van der Waals surface area contributed by atoms with Gasteiger partial charge in [0.1, 0.15) is 6.54 Å². The van der Waals surface area contributed by atoms with Crippen LogP contribution in [0.4, 0.5) is 13.2 Å². The summed E-state index contributed by atoms with van der Waals surface area (Å²) in [7, 11) is 1.33. The van der Waals surface area contributed by atoms with Crippen LogP contribution in [-0.4, -0.2) is 66.3 Å². The van der Waals surface area contributed by atoms with Crippen LogP contribution < -0.4 is 5.32 Å². The molecule has 0 radical (unpaired) electrons. The van der Waals surface area contributed by atoms with Crippen LogP contribution in [0.15, 0.2) is 0 Å². The lowest BCUT2D eigenvalue weighted by molar-refractivity contribution is -0.157. The van der Waals surface area contributed by atoms with E-state index in [0.29, 0.717) is 4.90 Å². The molecule has 1 fully saturated rings. The lowest BCUT2D eigenvalue weighted by Gasteiger charge is -2.29. The van der Waals surface area contributed by atoms with E-state index in [1.165, 1.54) is 14.0 Å². The third kappa shape index (κ3) is 6.05. The Kier molecular flexibility index (Phi) is 5.98. The van der Waals surface area contributed by atoms with Gasteiger partial charge in [-0.1, -0.05) is 0 Å². The van der Waals surface area contributed by atoms with Crippen molar-refractivity contribution in [2.24, 2.45) is 5.92 Å². The second-order valence-corrected chi connectivity index (χ2v) is 5.84. The van der Waals surface area contributed by atoms with E-state index in [0.717, 1.165) is 0 Å². The summed E-state index contributed by atoms with van der Waals surface area (Å²) in [6.07, 6.45) is -5.29. The molecule has 132 valence electrons. The van der Waals surface area contributed by atoms with Crippen LogP contribution in [0.5, 0.6) is 0 Å². The number of rotatable bonds is 7. The van der Waals surface area contributed by atoms with Crippen molar-refractivity contribution in [2.45, 2.75) is 31.5 Å². The molecule has 0 aliphatic carbocycles. The van der Waals surface area contributed by atoms with Crippen molar-refractivity contribution in [2.75, 3.05) is 26.8 Å². The largest absolute Gasteiger partial charge is 0.481 e. The fourth-order valence-electron chi connectivity index (χ4n) is 2.50. The molecule has 2 amide bonds. The normalized spacial score (nSPS) is 21.2. The molecule has 1 aliphatic rings. The summed E-state index contributed by atoms with van der Waals surface area (Å²) in [4.78, 5) is 35.2. The summed E-state index contributed by atoms with van der Waals surface area (Å²) in [5.41, 5.74) is -1.21. The Hall–Kier alpha value is -1.84. The number of aliphatic carboxylic acids is 1. The van der Waals surface area contributed by atoms with Gasteiger partial charge in [0.05, 0.1) is 24.5 Å². The number of carboxylic acid groups (broad SMARTS) is 1. The van der Waals surface area contributed by atoms with Gasteiger partial charge in [-0.2, -0.15) is 13.2 Å². The molecule has 1 aliphatic heterocycles. The first-order valence-corrected chi connectivity index (χ1v) is 6.83. The lowest BCUT2D eigenvalue weighted by atomic mass is 9.97. The Labute approximate surface area is 130 Å². The van der Waals surface area contributed by atoms with E-state index in [1.807, 2.05) is 0 Å². The predicted molar refractivity (Wildman–Crippen MR) is 71.4 cm³/mol. The van der Waals surface area contributed by atoms with E-state index in [4.69, 9.17) is 9.84 Å². The number of nitrogens with one attached hydrogen (secondary N) is 1. The van der Waals surface area contributed by atoms with Gasteiger partial charge in [-0.05, 0) is 6.92 Å². The summed E-state index contributed by atoms with van der Waals surface area (Å²) in [6, 6.07) is 0. The molecule has 23 heavy (non-hydrogen) atoms. The number of methoxy groups -OCH3 is 1. The van der Waals surface area contributed by atoms with E-state index >= 15 is 0 Å². The van der Waals surface area contributed by atoms with Crippen molar-refractivity contribution < 1.29 is 37.4 Å². The minimum atomic E-state index is -4.53. The quantitative estimate of drug-likeness (QED) is 0.699. The number of alkyl halides is 3. The number of ether oxygens (including phenoxy) is 1. The van der Waals surface area contributed by atoms with Gasteiger partial charge in [-0.25, -0.2) is 0 Å². The molecule has 1 heterocycles. The minimum Gasteiger partial charge on any atom is -0.481 e. The number of hydrogen-bond acceptors (Lipinski definition) is 4. The number of carbonyl (C=O) groups is 3. The average molecular weight is 340 g/mol. The van der Waals surface area contributed by atoms with E-state index in [9.17, 15) is 27.6 Å². The number of likely N-dealkylation sites (tertiary alicyclic amines) is 1. The number of amides is 2. The van der Waals surface area contributed by atoms with Gasteiger partial charge in [-0.3, -0.25) is 14.4 Å². The molecule has 0 bridgehead atoms. The van der Waals surface area contributed by atoms with Crippen molar-refractivity contribution in [3.8, 4) is 0 Å². The van der Waals surface area contributed by atoms with E-state index in [1.54, 1.807) is 0 Å². The Balaban J connectivity index is 2.70. The number of carboxylic acids is 1. The van der Waals surface area contributed by atoms with Crippen LogP contribution in [-0.2, 0) is 19.1 Å². The van der Waals surface area contributed by atoms with Gasteiger partial charge in [-0.15, -0.1) is 0 Å². The summed E-state index contributed by atoms with van der Waals surface area (Å²) < 4.78 is 41.9. The first kappa shape index (κ1) is 19.2. The van der Waals surface area contributed by atoms with Crippen LogP contribution in [0, 0.1) is 5.92 Å². The van der Waals surface area contributed by atoms with Crippen molar-refractivity contribution in [3.63, 3.8) is 0 Å². The van der Waals surface area contributed by atoms with Crippen LogP contribution in [0.2, 0.25) is 0 Å². The summed E-state index contributed by atoms with van der Waals surface area (Å²) in [5, 5.41) is 11.3. The van der Waals surface area contributed by atoms with Crippen LogP contribution in [0.3, 0.4) is 0 Å². The summed E-state index contributed by atoms with van der Waals surface area (Å²) in [6.45, 7) is -0.384. The molecule has 10 heteroatoms. The SMILES string of the molecule is COCC(C)(CC(=O)O)NC(=O)C1CC(=O)N(CC(F)(F)F)C1. The summed E-state index contributed by atoms with van der Waals surface area (Å²) >= 11 is 0. The highest BCUT2D eigenvalue weighted by Gasteiger charge is 2.42. The van der Waals surface area contributed by atoms with Crippen molar-refractivity contribution in [3.05, 3.63) is 0 Å². The molecule has 0 aromatic heterocycles. The zero-order valence-corrected chi connectivity index (χ0v) is 12.8. The molecular weight excluding hydrogens is 321 g/mol. The maximum atomic E-state index is 12.3. The van der Waals surface area contributed by atoms with Gasteiger partial charge in [0.25, 0.3) is 0 Å². The average Bonchev–Trinajstić information content (AvgIpc) is 2.67. The Morgan fingerprint density at radius 3 is 2.52 bits per heavy atom. The lowest BCUT2D eigenvalue weighted by Crippen LogP contribution is -2.52.